The first-order valence-corrected chi connectivity index (χ1v) is 8.08. The topological polar surface area (TPSA) is 55.6 Å². The maximum absolute atomic E-state index is 4.22. The molecule has 3 aromatic rings. The van der Waals surface area contributed by atoms with E-state index in [0.29, 0.717) is 5.92 Å². The van der Waals surface area contributed by atoms with Crippen molar-refractivity contribution in [3.63, 3.8) is 0 Å². The molecule has 0 bridgehead atoms. The van der Waals surface area contributed by atoms with Crippen molar-refractivity contribution in [2.45, 2.75) is 26.3 Å². The second-order valence-electron chi connectivity index (χ2n) is 5.56. The van der Waals surface area contributed by atoms with Gasteiger partial charge in [0.05, 0.1) is 6.20 Å². The van der Waals surface area contributed by atoms with E-state index >= 15 is 0 Å². The predicted molar refractivity (Wildman–Crippen MR) is 90.0 cm³/mol. The van der Waals surface area contributed by atoms with E-state index in [2.05, 4.69) is 58.7 Å². The van der Waals surface area contributed by atoms with Crippen LogP contribution in [-0.2, 0) is 13.6 Å². The SMILES string of the molecule is CC(C)c1nnc(NCc2cccc(-c3cnn(C)c3)c2)s1. The molecule has 0 amide bonds. The number of hydrogen-bond donors (Lipinski definition) is 1. The van der Waals surface area contributed by atoms with E-state index in [0.717, 1.165) is 22.2 Å². The number of hydrogen-bond acceptors (Lipinski definition) is 5. The Hall–Kier alpha value is -2.21. The number of benzene rings is 1. The van der Waals surface area contributed by atoms with Gasteiger partial charge in [-0.3, -0.25) is 4.68 Å². The molecular formula is C16H19N5S. The molecule has 2 heterocycles. The Labute approximate surface area is 134 Å². The molecule has 22 heavy (non-hydrogen) atoms. The van der Waals surface area contributed by atoms with Crippen LogP contribution in [0.3, 0.4) is 0 Å². The van der Waals surface area contributed by atoms with Crippen LogP contribution in [0.25, 0.3) is 11.1 Å². The van der Waals surface area contributed by atoms with Crippen molar-refractivity contribution >= 4 is 16.5 Å². The predicted octanol–water partition coefficient (Wildman–Crippen LogP) is 3.67. The zero-order valence-electron chi connectivity index (χ0n) is 12.9. The fraction of sp³-hybridized carbons (Fsp3) is 0.312. The fourth-order valence-electron chi connectivity index (χ4n) is 2.15. The largest absolute Gasteiger partial charge is 0.356 e. The Morgan fingerprint density at radius 3 is 2.77 bits per heavy atom. The molecule has 0 saturated carbocycles. The standard InChI is InChI=1S/C16H19N5S/c1-11(2)15-19-20-16(22-15)17-8-12-5-4-6-13(7-12)14-9-18-21(3)10-14/h4-7,9-11H,8H2,1-3H3,(H,17,20). The van der Waals surface area contributed by atoms with Gasteiger partial charge in [0.25, 0.3) is 0 Å². The van der Waals surface area contributed by atoms with Gasteiger partial charge < -0.3 is 5.32 Å². The van der Waals surface area contributed by atoms with Gasteiger partial charge in [-0.2, -0.15) is 5.10 Å². The number of anilines is 1. The maximum Gasteiger partial charge on any atom is 0.205 e. The summed E-state index contributed by atoms with van der Waals surface area (Å²) in [5.41, 5.74) is 3.51. The van der Waals surface area contributed by atoms with Crippen LogP contribution in [0.4, 0.5) is 5.13 Å². The molecule has 6 heteroatoms. The van der Waals surface area contributed by atoms with Gasteiger partial charge in [-0.1, -0.05) is 43.4 Å². The van der Waals surface area contributed by atoms with E-state index in [9.17, 15) is 0 Å². The van der Waals surface area contributed by atoms with Crippen LogP contribution in [0, 0.1) is 0 Å². The van der Waals surface area contributed by atoms with Crippen molar-refractivity contribution < 1.29 is 0 Å². The van der Waals surface area contributed by atoms with Crippen LogP contribution in [0.1, 0.15) is 30.3 Å². The summed E-state index contributed by atoms with van der Waals surface area (Å²) in [6.45, 7) is 4.99. The molecule has 0 spiro atoms. The Kier molecular flexibility index (Phi) is 4.20. The molecule has 0 saturated heterocycles. The highest BCUT2D eigenvalue weighted by Crippen LogP contribution is 2.24. The average Bonchev–Trinajstić information content (AvgIpc) is 3.14. The smallest absolute Gasteiger partial charge is 0.205 e. The Morgan fingerprint density at radius 2 is 2.09 bits per heavy atom. The molecule has 1 aromatic carbocycles. The lowest BCUT2D eigenvalue weighted by molar-refractivity contribution is 0.768. The number of aryl methyl sites for hydroxylation is 1. The van der Waals surface area contributed by atoms with Gasteiger partial charge >= 0.3 is 0 Å². The molecule has 114 valence electrons. The third-order valence-electron chi connectivity index (χ3n) is 3.34. The number of aromatic nitrogens is 4. The molecule has 0 fully saturated rings. The van der Waals surface area contributed by atoms with Crippen LogP contribution >= 0.6 is 11.3 Å². The second-order valence-corrected chi connectivity index (χ2v) is 6.57. The van der Waals surface area contributed by atoms with Gasteiger partial charge in [0.1, 0.15) is 5.01 Å². The molecule has 0 radical (unpaired) electrons. The van der Waals surface area contributed by atoms with Crippen LogP contribution in [0.5, 0.6) is 0 Å². The first-order chi connectivity index (χ1) is 10.6. The minimum absolute atomic E-state index is 0.418. The van der Waals surface area contributed by atoms with E-state index in [4.69, 9.17) is 0 Å². The molecule has 0 aliphatic rings. The number of nitrogens with zero attached hydrogens (tertiary/aromatic N) is 4. The summed E-state index contributed by atoms with van der Waals surface area (Å²) in [4.78, 5) is 0. The molecule has 0 atom stereocenters. The highest BCUT2D eigenvalue weighted by molar-refractivity contribution is 7.15. The second kappa shape index (κ2) is 6.27. The summed E-state index contributed by atoms with van der Waals surface area (Å²) in [6, 6.07) is 8.45. The lowest BCUT2D eigenvalue weighted by atomic mass is 10.1. The highest BCUT2D eigenvalue weighted by atomic mass is 32.1. The molecule has 2 aromatic heterocycles. The van der Waals surface area contributed by atoms with Gasteiger partial charge in [-0.25, -0.2) is 0 Å². The average molecular weight is 313 g/mol. The lowest BCUT2D eigenvalue weighted by Crippen LogP contribution is -1.98. The van der Waals surface area contributed by atoms with Crippen LogP contribution in [0.15, 0.2) is 36.7 Å². The van der Waals surface area contributed by atoms with Gasteiger partial charge in [0.15, 0.2) is 0 Å². The fourth-order valence-corrected chi connectivity index (χ4v) is 2.89. The zero-order chi connectivity index (χ0) is 15.5. The van der Waals surface area contributed by atoms with Gasteiger partial charge in [-0.15, -0.1) is 10.2 Å². The molecule has 0 aliphatic carbocycles. The zero-order valence-corrected chi connectivity index (χ0v) is 13.8. The monoisotopic (exact) mass is 313 g/mol. The molecule has 0 unspecified atom stereocenters. The summed E-state index contributed by atoms with van der Waals surface area (Å²) in [5.74, 6) is 0.418. The summed E-state index contributed by atoms with van der Waals surface area (Å²) in [6.07, 6.45) is 3.90. The maximum atomic E-state index is 4.22. The lowest BCUT2D eigenvalue weighted by Gasteiger charge is -2.04. The Balaban J connectivity index is 1.70. The minimum Gasteiger partial charge on any atom is -0.356 e. The van der Waals surface area contributed by atoms with Crippen molar-refractivity contribution in [3.8, 4) is 11.1 Å². The Morgan fingerprint density at radius 1 is 1.23 bits per heavy atom. The van der Waals surface area contributed by atoms with E-state index in [1.165, 1.54) is 11.1 Å². The van der Waals surface area contributed by atoms with E-state index in [1.54, 1.807) is 11.3 Å². The molecule has 3 rings (SSSR count). The quantitative estimate of drug-likeness (QED) is 0.781. The Bertz CT molecular complexity index is 759. The van der Waals surface area contributed by atoms with Crippen LogP contribution in [0.2, 0.25) is 0 Å². The molecule has 0 aliphatic heterocycles. The van der Waals surface area contributed by atoms with Crippen molar-refractivity contribution in [2.75, 3.05) is 5.32 Å². The van der Waals surface area contributed by atoms with Gasteiger partial charge in [0, 0.05) is 31.3 Å². The summed E-state index contributed by atoms with van der Waals surface area (Å²) in [7, 11) is 1.93. The third kappa shape index (κ3) is 3.33. The van der Waals surface area contributed by atoms with Crippen molar-refractivity contribution in [1.29, 1.82) is 0 Å². The van der Waals surface area contributed by atoms with Crippen LogP contribution < -0.4 is 5.32 Å². The minimum atomic E-state index is 0.418. The molecular weight excluding hydrogens is 294 g/mol. The van der Waals surface area contributed by atoms with E-state index < -0.39 is 0 Å². The molecule has 1 N–H and O–H groups in total. The van der Waals surface area contributed by atoms with Gasteiger partial charge in [-0.05, 0) is 17.2 Å². The van der Waals surface area contributed by atoms with Crippen molar-refractivity contribution in [3.05, 3.63) is 47.2 Å². The first-order valence-electron chi connectivity index (χ1n) is 7.27. The number of nitrogens with one attached hydrogen (secondary N) is 1. The first kappa shape index (κ1) is 14.7. The molecule has 5 nitrogen and oxygen atoms in total. The number of rotatable bonds is 5. The normalized spacial score (nSPS) is 11.1. The van der Waals surface area contributed by atoms with Crippen molar-refractivity contribution in [2.24, 2.45) is 7.05 Å². The van der Waals surface area contributed by atoms with Gasteiger partial charge in [0.2, 0.25) is 5.13 Å². The van der Waals surface area contributed by atoms with Crippen LogP contribution in [-0.4, -0.2) is 20.0 Å². The van der Waals surface area contributed by atoms with E-state index in [-0.39, 0.29) is 0 Å². The third-order valence-corrected chi connectivity index (χ3v) is 4.52. The summed E-state index contributed by atoms with van der Waals surface area (Å²) < 4.78 is 1.81. The van der Waals surface area contributed by atoms with Crippen molar-refractivity contribution in [1.82, 2.24) is 20.0 Å². The highest BCUT2D eigenvalue weighted by Gasteiger charge is 2.07. The summed E-state index contributed by atoms with van der Waals surface area (Å²) in [5, 5.41) is 17.9. The summed E-state index contributed by atoms with van der Waals surface area (Å²) >= 11 is 1.62. The van der Waals surface area contributed by atoms with E-state index in [1.807, 2.05) is 24.1 Å².